The van der Waals surface area contributed by atoms with E-state index in [1.54, 1.807) is 19.1 Å². The van der Waals surface area contributed by atoms with Crippen LogP contribution in [0, 0.1) is 6.92 Å². The van der Waals surface area contributed by atoms with Gasteiger partial charge in [0.15, 0.2) is 0 Å². The molecule has 1 aromatic carbocycles. The Hall–Kier alpha value is -2.03. The Balaban J connectivity index is 1.86. The fraction of sp³-hybridized carbons (Fsp3) is 0.389. The smallest absolute Gasteiger partial charge is 0.275 e. The molecule has 9 heteroatoms. The number of carbonyl (C=O) groups is 1. The number of amides is 1. The van der Waals surface area contributed by atoms with Gasteiger partial charge in [0.1, 0.15) is 10.8 Å². The van der Waals surface area contributed by atoms with Gasteiger partial charge >= 0.3 is 0 Å². The van der Waals surface area contributed by atoms with Crippen molar-refractivity contribution in [3.63, 3.8) is 0 Å². The van der Waals surface area contributed by atoms with E-state index in [0.717, 1.165) is 25.7 Å². The molecule has 1 amide bonds. The first-order valence-corrected chi connectivity index (χ1v) is 10.6. The second-order valence-electron chi connectivity index (χ2n) is 6.48. The molecule has 144 valence electrons. The Morgan fingerprint density at radius 2 is 1.85 bits per heavy atom. The Morgan fingerprint density at radius 1 is 1.15 bits per heavy atom. The number of anilines is 1. The summed E-state index contributed by atoms with van der Waals surface area (Å²) in [4.78, 5) is 20.3. The first-order chi connectivity index (χ1) is 12.9. The predicted molar refractivity (Wildman–Crippen MR) is 103 cm³/mol. The van der Waals surface area contributed by atoms with Gasteiger partial charge in [0, 0.05) is 18.8 Å². The molecule has 1 aliphatic rings. The zero-order chi connectivity index (χ0) is 19.4. The number of aromatic nitrogens is 2. The number of rotatable bonds is 4. The van der Waals surface area contributed by atoms with Crippen molar-refractivity contribution in [2.45, 2.75) is 37.5 Å². The zero-order valence-corrected chi connectivity index (χ0v) is 16.6. The Bertz CT molecular complexity index is 941. The molecule has 0 spiro atoms. The van der Waals surface area contributed by atoms with Gasteiger partial charge < -0.3 is 5.32 Å². The third-order valence-corrected chi connectivity index (χ3v) is 6.69. The van der Waals surface area contributed by atoms with Crippen LogP contribution >= 0.6 is 11.6 Å². The van der Waals surface area contributed by atoms with E-state index >= 15 is 0 Å². The van der Waals surface area contributed by atoms with E-state index in [2.05, 4.69) is 15.3 Å². The molecule has 0 unspecified atom stereocenters. The third kappa shape index (κ3) is 4.63. The molecule has 1 saturated heterocycles. The van der Waals surface area contributed by atoms with Crippen molar-refractivity contribution in [1.29, 1.82) is 0 Å². The Kier molecular flexibility index (Phi) is 6.08. The number of halogens is 1. The molecular weight excluding hydrogens is 388 g/mol. The highest BCUT2D eigenvalue weighted by Gasteiger charge is 2.27. The minimum atomic E-state index is -3.61. The van der Waals surface area contributed by atoms with Gasteiger partial charge in [-0.15, -0.1) is 0 Å². The van der Waals surface area contributed by atoms with Crippen LogP contribution in [0.3, 0.4) is 0 Å². The molecule has 1 aromatic heterocycles. The highest BCUT2D eigenvalue weighted by Crippen LogP contribution is 2.26. The summed E-state index contributed by atoms with van der Waals surface area (Å²) in [5, 5.41) is 2.76. The van der Waals surface area contributed by atoms with Gasteiger partial charge in [0.2, 0.25) is 10.0 Å². The van der Waals surface area contributed by atoms with Crippen LogP contribution in [-0.2, 0) is 10.0 Å². The van der Waals surface area contributed by atoms with Crippen LogP contribution in [0.2, 0.25) is 5.15 Å². The average Bonchev–Trinajstić information content (AvgIpc) is 2.93. The van der Waals surface area contributed by atoms with Crippen molar-refractivity contribution in [3.8, 4) is 0 Å². The van der Waals surface area contributed by atoms with E-state index in [1.165, 1.54) is 22.8 Å². The van der Waals surface area contributed by atoms with Crippen LogP contribution in [0.1, 0.15) is 41.7 Å². The van der Waals surface area contributed by atoms with Gasteiger partial charge in [-0.25, -0.2) is 13.4 Å². The molecule has 0 atom stereocenters. The second-order valence-corrected chi connectivity index (χ2v) is 8.77. The minimum absolute atomic E-state index is 0.0556. The standard InChI is InChI=1S/C18H21ClN4O3S/c1-13-6-7-14(21-18(24)15-11-20-12-17(19)22-15)10-16(13)27(25,26)23-8-4-2-3-5-9-23/h6-7,10-12H,2-5,8-9H2,1H3,(H,21,24). The van der Waals surface area contributed by atoms with Crippen LogP contribution < -0.4 is 5.32 Å². The van der Waals surface area contributed by atoms with Gasteiger partial charge in [-0.2, -0.15) is 4.31 Å². The third-order valence-electron chi connectivity index (χ3n) is 4.47. The minimum Gasteiger partial charge on any atom is -0.321 e. The van der Waals surface area contributed by atoms with Crippen LogP contribution in [-0.4, -0.2) is 41.7 Å². The first kappa shape index (κ1) is 19.7. The molecular formula is C18H21ClN4O3S. The van der Waals surface area contributed by atoms with Crippen molar-refractivity contribution in [1.82, 2.24) is 14.3 Å². The Labute approximate surface area is 163 Å². The maximum Gasteiger partial charge on any atom is 0.275 e. The average molecular weight is 409 g/mol. The normalized spacial score (nSPS) is 15.9. The Morgan fingerprint density at radius 3 is 2.52 bits per heavy atom. The monoisotopic (exact) mass is 408 g/mol. The molecule has 2 heterocycles. The summed E-state index contributed by atoms with van der Waals surface area (Å²) in [5.41, 5.74) is 1.07. The maximum absolute atomic E-state index is 13.1. The van der Waals surface area contributed by atoms with E-state index in [4.69, 9.17) is 11.6 Å². The molecule has 3 rings (SSSR count). The lowest BCUT2D eigenvalue weighted by atomic mass is 10.2. The van der Waals surface area contributed by atoms with Gasteiger partial charge in [-0.3, -0.25) is 9.78 Å². The number of hydrogen-bond donors (Lipinski definition) is 1. The summed E-state index contributed by atoms with van der Waals surface area (Å²) in [6.45, 7) is 2.80. The number of carbonyl (C=O) groups excluding carboxylic acids is 1. The molecule has 0 radical (unpaired) electrons. The maximum atomic E-state index is 13.1. The lowest BCUT2D eigenvalue weighted by Crippen LogP contribution is -2.32. The topological polar surface area (TPSA) is 92.3 Å². The molecule has 0 saturated carbocycles. The SMILES string of the molecule is Cc1ccc(NC(=O)c2cncc(Cl)n2)cc1S(=O)(=O)N1CCCCCC1. The first-order valence-electron chi connectivity index (χ1n) is 8.77. The van der Waals surface area contributed by atoms with Crippen molar-refractivity contribution < 1.29 is 13.2 Å². The number of nitrogens with zero attached hydrogens (tertiary/aromatic N) is 3. The summed E-state index contributed by atoms with van der Waals surface area (Å²) >= 11 is 5.76. The fourth-order valence-electron chi connectivity index (χ4n) is 3.02. The number of nitrogens with one attached hydrogen (secondary N) is 1. The molecule has 1 aliphatic heterocycles. The van der Waals surface area contributed by atoms with Gasteiger partial charge in [0.25, 0.3) is 5.91 Å². The second kappa shape index (κ2) is 8.33. The van der Waals surface area contributed by atoms with E-state index < -0.39 is 15.9 Å². The lowest BCUT2D eigenvalue weighted by molar-refractivity contribution is 0.102. The summed E-state index contributed by atoms with van der Waals surface area (Å²) < 4.78 is 27.7. The molecule has 27 heavy (non-hydrogen) atoms. The quantitative estimate of drug-likeness (QED) is 0.838. The fourth-order valence-corrected chi connectivity index (χ4v) is 4.94. The van der Waals surface area contributed by atoms with Crippen molar-refractivity contribution in [3.05, 3.63) is 47.0 Å². The molecule has 1 fully saturated rings. The summed E-state index contributed by atoms with van der Waals surface area (Å²) in [5.74, 6) is -0.507. The number of hydrogen-bond acceptors (Lipinski definition) is 5. The van der Waals surface area contributed by atoms with Gasteiger partial charge in [0.05, 0.1) is 17.3 Å². The lowest BCUT2D eigenvalue weighted by Gasteiger charge is -2.21. The van der Waals surface area contributed by atoms with Crippen LogP contribution in [0.4, 0.5) is 5.69 Å². The van der Waals surface area contributed by atoms with E-state index in [0.29, 0.717) is 24.3 Å². The van der Waals surface area contributed by atoms with Crippen molar-refractivity contribution in [2.75, 3.05) is 18.4 Å². The van der Waals surface area contributed by atoms with Crippen molar-refractivity contribution in [2.24, 2.45) is 0 Å². The largest absolute Gasteiger partial charge is 0.321 e. The molecule has 1 N–H and O–H groups in total. The van der Waals surface area contributed by atoms with E-state index in [1.807, 2.05) is 0 Å². The number of sulfonamides is 1. The summed E-state index contributed by atoms with van der Waals surface area (Å²) in [6.07, 6.45) is 6.44. The summed E-state index contributed by atoms with van der Waals surface area (Å²) in [6, 6.07) is 4.84. The van der Waals surface area contributed by atoms with E-state index in [-0.39, 0.29) is 15.7 Å². The molecule has 2 aromatic rings. The van der Waals surface area contributed by atoms with Crippen LogP contribution in [0.5, 0.6) is 0 Å². The van der Waals surface area contributed by atoms with Gasteiger partial charge in [-0.05, 0) is 37.5 Å². The molecule has 7 nitrogen and oxygen atoms in total. The van der Waals surface area contributed by atoms with Gasteiger partial charge in [-0.1, -0.05) is 30.5 Å². The van der Waals surface area contributed by atoms with E-state index in [9.17, 15) is 13.2 Å². The summed E-state index contributed by atoms with van der Waals surface area (Å²) in [7, 11) is -3.61. The molecule has 0 aliphatic carbocycles. The highest BCUT2D eigenvalue weighted by atomic mass is 35.5. The van der Waals surface area contributed by atoms with Crippen LogP contribution in [0.15, 0.2) is 35.5 Å². The molecule has 0 bridgehead atoms. The number of aryl methyl sites for hydroxylation is 1. The predicted octanol–water partition coefficient (Wildman–Crippen LogP) is 3.26. The van der Waals surface area contributed by atoms with Crippen molar-refractivity contribution >= 4 is 33.2 Å². The van der Waals surface area contributed by atoms with Crippen LogP contribution in [0.25, 0.3) is 0 Å². The zero-order valence-electron chi connectivity index (χ0n) is 15.0. The highest BCUT2D eigenvalue weighted by molar-refractivity contribution is 7.89. The number of benzene rings is 1.